The van der Waals surface area contributed by atoms with Crippen LogP contribution in [0.25, 0.3) is 0 Å². The molecule has 1 unspecified atom stereocenters. The summed E-state index contributed by atoms with van der Waals surface area (Å²) in [5, 5.41) is 14.0. The molecular formula is C7H12N2O3S. The van der Waals surface area contributed by atoms with Crippen LogP contribution < -0.4 is 10.6 Å². The normalized spacial score (nSPS) is 30.7. The van der Waals surface area contributed by atoms with Crippen molar-refractivity contribution in [2.75, 3.05) is 18.2 Å². The van der Waals surface area contributed by atoms with Gasteiger partial charge in [-0.05, 0) is 0 Å². The second kappa shape index (κ2) is 3.97. The fourth-order valence-electron chi connectivity index (χ4n) is 0.959. The lowest BCUT2D eigenvalue weighted by Crippen LogP contribution is -2.57. The summed E-state index contributed by atoms with van der Waals surface area (Å²) in [6.45, 7) is 0.103. The molecule has 13 heavy (non-hydrogen) atoms. The molecule has 1 aliphatic heterocycles. The summed E-state index contributed by atoms with van der Waals surface area (Å²) in [6.07, 6.45) is 0. The van der Waals surface area contributed by atoms with Gasteiger partial charge in [-0.2, -0.15) is 0 Å². The summed E-state index contributed by atoms with van der Waals surface area (Å²) < 4.78 is 7.59. The summed E-state index contributed by atoms with van der Waals surface area (Å²) in [6, 6.07) is 0. The van der Waals surface area contributed by atoms with Crippen LogP contribution in [0.5, 0.6) is 0 Å². The van der Waals surface area contributed by atoms with Crippen LogP contribution in [0.1, 0.15) is 8.29 Å². The van der Waals surface area contributed by atoms with Crippen LogP contribution in [0.15, 0.2) is 0 Å². The van der Waals surface area contributed by atoms with Gasteiger partial charge in [0, 0.05) is 25.1 Å². The van der Waals surface area contributed by atoms with Crippen LogP contribution in [0.3, 0.4) is 0 Å². The van der Waals surface area contributed by atoms with Crippen molar-refractivity contribution in [2.45, 2.75) is 12.5 Å². The lowest BCUT2D eigenvalue weighted by atomic mass is 10.0. The molecule has 0 saturated carbocycles. The molecule has 1 aliphatic rings. The molecule has 1 fully saturated rings. The highest BCUT2D eigenvalue weighted by atomic mass is 32.2. The van der Waals surface area contributed by atoms with Crippen LogP contribution in [-0.2, 0) is 9.59 Å². The molecule has 1 saturated heterocycles. The number of nitrogens with one attached hydrogen (secondary N) is 2. The standard InChI is InChI=1S/C7H12N2O3S/c1-5(10)8-2-7(6(11)12)3-13-4-9-7/h9H,2-4H2,1H3,(H,8,10)(H,11,12)/t7-/m0/s1/i2D/t2?,7-. The number of amides is 1. The molecule has 1 heterocycles. The Hall–Kier alpha value is -0.750. The van der Waals surface area contributed by atoms with Gasteiger partial charge in [0.1, 0.15) is 5.54 Å². The Morgan fingerprint density at radius 1 is 1.85 bits per heavy atom. The second-order valence-corrected chi connectivity index (χ2v) is 3.78. The zero-order valence-electron chi connectivity index (χ0n) is 8.16. The number of aliphatic carboxylic acids is 1. The predicted molar refractivity (Wildman–Crippen MR) is 49.5 cm³/mol. The third-order valence-corrected chi connectivity index (χ3v) is 2.73. The Bertz CT molecular complexity index is 255. The van der Waals surface area contributed by atoms with Crippen LogP contribution in [0.2, 0.25) is 0 Å². The molecule has 1 rings (SSSR count). The zero-order chi connectivity index (χ0) is 10.8. The Morgan fingerprint density at radius 2 is 2.54 bits per heavy atom. The number of carbonyl (C=O) groups is 2. The van der Waals surface area contributed by atoms with E-state index in [1.54, 1.807) is 0 Å². The first-order valence-corrected chi connectivity index (χ1v) is 4.90. The van der Waals surface area contributed by atoms with Crippen molar-refractivity contribution in [3.63, 3.8) is 0 Å². The van der Waals surface area contributed by atoms with Crippen molar-refractivity contribution in [2.24, 2.45) is 0 Å². The van der Waals surface area contributed by atoms with Gasteiger partial charge >= 0.3 is 5.97 Å². The molecule has 0 aromatic carbocycles. The van der Waals surface area contributed by atoms with Crippen LogP contribution in [-0.4, -0.2) is 40.7 Å². The minimum atomic E-state index is -1.35. The lowest BCUT2D eigenvalue weighted by molar-refractivity contribution is -0.143. The fourth-order valence-corrected chi connectivity index (χ4v) is 2.05. The first kappa shape index (κ1) is 8.83. The molecule has 0 bridgehead atoms. The number of carbonyl (C=O) groups excluding carboxylic acids is 1. The van der Waals surface area contributed by atoms with E-state index in [1.165, 1.54) is 18.7 Å². The van der Waals surface area contributed by atoms with Gasteiger partial charge in [0.25, 0.3) is 0 Å². The highest BCUT2D eigenvalue weighted by molar-refractivity contribution is 7.99. The molecule has 0 aromatic rings. The molecule has 0 aromatic heterocycles. The van der Waals surface area contributed by atoms with Crippen LogP contribution in [0, 0.1) is 0 Å². The quantitative estimate of drug-likeness (QED) is 0.564. The molecule has 6 heteroatoms. The molecule has 2 atom stereocenters. The van der Waals surface area contributed by atoms with Gasteiger partial charge in [0.15, 0.2) is 0 Å². The predicted octanol–water partition coefficient (Wildman–Crippen LogP) is -0.760. The van der Waals surface area contributed by atoms with Gasteiger partial charge in [-0.25, -0.2) is 0 Å². The van der Waals surface area contributed by atoms with Crippen molar-refractivity contribution >= 4 is 23.6 Å². The van der Waals surface area contributed by atoms with Gasteiger partial charge < -0.3 is 10.4 Å². The van der Waals surface area contributed by atoms with E-state index in [4.69, 9.17) is 6.48 Å². The zero-order valence-corrected chi connectivity index (χ0v) is 7.98. The maximum absolute atomic E-state index is 11.0. The summed E-state index contributed by atoms with van der Waals surface area (Å²) in [5.41, 5.74) is -1.35. The minimum absolute atomic E-state index is 0.288. The summed E-state index contributed by atoms with van der Waals surface area (Å²) in [4.78, 5) is 21.7. The topological polar surface area (TPSA) is 78.4 Å². The van der Waals surface area contributed by atoms with Crippen molar-refractivity contribution in [3.8, 4) is 0 Å². The fraction of sp³-hybridized carbons (Fsp3) is 0.714. The van der Waals surface area contributed by atoms with Crippen molar-refractivity contribution in [1.82, 2.24) is 10.6 Å². The Kier molecular flexibility index (Phi) is 2.70. The van der Waals surface area contributed by atoms with Gasteiger partial charge in [-0.15, -0.1) is 11.8 Å². The van der Waals surface area contributed by atoms with Gasteiger partial charge in [-0.3, -0.25) is 14.9 Å². The maximum atomic E-state index is 11.0. The first-order chi connectivity index (χ1) is 6.49. The summed E-state index contributed by atoms with van der Waals surface area (Å²) in [7, 11) is 0. The summed E-state index contributed by atoms with van der Waals surface area (Å²) in [5.74, 6) is -0.724. The van der Waals surface area contributed by atoms with E-state index in [9.17, 15) is 9.59 Å². The Balaban J connectivity index is 2.77. The van der Waals surface area contributed by atoms with E-state index in [0.717, 1.165) is 0 Å². The van der Waals surface area contributed by atoms with Crippen molar-refractivity contribution in [3.05, 3.63) is 0 Å². The van der Waals surface area contributed by atoms with Crippen molar-refractivity contribution in [1.29, 1.82) is 0 Å². The minimum Gasteiger partial charge on any atom is -0.480 e. The molecule has 0 aliphatic carbocycles. The number of hydrogen-bond donors (Lipinski definition) is 3. The molecule has 0 radical (unpaired) electrons. The second-order valence-electron chi connectivity index (χ2n) is 2.79. The SMILES string of the molecule is [2H]C(NC(C)=O)[C@@]1(C(=O)O)CSCN1. The number of carboxylic acid groups (broad SMARTS) is 1. The smallest absolute Gasteiger partial charge is 0.326 e. The highest BCUT2D eigenvalue weighted by Crippen LogP contribution is 2.20. The number of rotatable bonds is 3. The molecule has 5 nitrogen and oxygen atoms in total. The highest BCUT2D eigenvalue weighted by Gasteiger charge is 2.41. The van der Waals surface area contributed by atoms with Gasteiger partial charge in [0.05, 0.1) is 1.37 Å². The lowest BCUT2D eigenvalue weighted by Gasteiger charge is -2.23. The third kappa shape index (κ3) is 2.35. The van der Waals surface area contributed by atoms with Gasteiger partial charge in [-0.1, -0.05) is 0 Å². The van der Waals surface area contributed by atoms with E-state index in [-0.39, 0.29) is 5.75 Å². The number of carboxylic acids is 1. The number of thioether (sulfide) groups is 1. The molecule has 3 N–H and O–H groups in total. The average Bonchev–Trinajstić information content (AvgIpc) is 2.51. The van der Waals surface area contributed by atoms with E-state index in [0.29, 0.717) is 5.88 Å². The van der Waals surface area contributed by atoms with E-state index in [1.807, 2.05) is 0 Å². The van der Waals surface area contributed by atoms with E-state index < -0.39 is 23.9 Å². The molecule has 74 valence electrons. The average molecular weight is 205 g/mol. The Morgan fingerprint density at radius 3 is 2.92 bits per heavy atom. The van der Waals surface area contributed by atoms with Crippen LogP contribution >= 0.6 is 11.8 Å². The molecular weight excluding hydrogens is 192 g/mol. The van der Waals surface area contributed by atoms with Crippen LogP contribution in [0.4, 0.5) is 0 Å². The maximum Gasteiger partial charge on any atom is 0.326 e. The largest absolute Gasteiger partial charge is 0.480 e. The molecule has 1 amide bonds. The van der Waals surface area contributed by atoms with Gasteiger partial charge in [0.2, 0.25) is 5.91 Å². The monoisotopic (exact) mass is 205 g/mol. The number of hydrogen-bond acceptors (Lipinski definition) is 4. The molecule has 0 spiro atoms. The first-order valence-electron chi connectivity index (χ1n) is 4.32. The van der Waals surface area contributed by atoms with E-state index in [2.05, 4.69) is 10.6 Å². The Labute approximate surface area is 81.7 Å². The third-order valence-electron chi connectivity index (χ3n) is 1.72. The van der Waals surface area contributed by atoms with Crippen molar-refractivity contribution < 1.29 is 16.1 Å². The van der Waals surface area contributed by atoms with E-state index >= 15 is 0 Å². The summed E-state index contributed by atoms with van der Waals surface area (Å²) >= 11 is 1.40.